The first-order valence-corrected chi connectivity index (χ1v) is 5.09. The zero-order valence-corrected chi connectivity index (χ0v) is 8.70. The molecule has 0 heteroatoms. The highest BCUT2D eigenvalue weighted by molar-refractivity contribution is 5.83. The zero-order valence-electron chi connectivity index (χ0n) is 8.70. The highest BCUT2D eigenvalue weighted by Gasteiger charge is 2.02. The Balaban J connectivity index is 2.51. The maximum absolute atomic E-state index is 2.28. The molecule has 0 amide bonds. The van der Waals surface area contributed by atoms with Gasteiger partial charge in [0.05, 0.1) is 0 Å². The Morgan fingerprint density at radius 2 is 1.71 bits per heavy atom. The van der Waals surface area contributed by atoms with E-state index >= 15 is 0 Å². The first-order chi connectivity index (χ1) is 6.81. The molecule has 2 aromatic carbocycles. The summed E-state index contributed by atoms with van der Waals surface area (Å²) in [5, 5.41) is 2.65. The van der Waals surface area contributed by atoms with Crippen LogP contribution in [0.15, 0.2) is 42.5 Å². The fourth-order valence-corrected chi connectivity index (χ4v) is 1.68. The van der Waals surface area contributed by atoms with Gasteiger partial charge >= 0.3 is 0 Å². The van der Waals surface area contributed by atoms with Gasteiger partial charge in [-0.05, 0) is 28.7 Å². The number of fused-ring (bicyclic) bond motifs is 1. The smallest absolute Gasteiger partial charge is 0.0162 e. The van der Waals surface area contributed by atoms with Crippen LogP contribution in [0, 0.1) is 6.42 Å². The van der Waals surface area contributed by atoms with E-state index in [1.807, 2.05) is 0 Å². The van der Waals surface area contributed by atoms with Gasteiger partial charge in [0.1, 0.15) is 0 Å². The minimum absolute atomic E-state index is 0.541. The van der Waals surface area contributed by atoms with E-state index in [4.69, 9.17) is 0 Å². The van der Waals surface area contributed by atoms with Crippen molar-refractivity contribution >= 4 is 10.8 Å². The van der Waals surface area contributed by atoms with Crippen LogP contribution in [0.1, 0.15) is 25.3 Å². The van der Waals surface area contributed by atoms with Gasteiger partial charge in [0.15, 0.2) is 0 Å². The second-order valence-corrected chi connectivity index (χ2v) is 3.73. The molecule has 0 heterocycles. The van der Waals surface area contributed by atoms with E-state index < -0.39 is 0 Å². The Labute approximate surface area is 85.6 Å². The molecular weight excluding hydrogens is 168 g/mol. The summed E-state index contributed by atoms with van der Waals surface area (Å²) in [6, 6.07) is 15.2. The lowest BCUT2D eigenvalue weighted by molar-refractivity contribution is 0.889. The number of rotatable bonds is 2. The van der Waals surface area contributed by atoms with Gasteiger partial charge in [0, 0.05) is 0 Å². The van der Waals surface area contributed by atoms with Crippen molar-refractivity contribution in [2.24, 2.45) is 0 Å². The average molecular weight is 183 g/mol. The standard InChI is InChI=1S/C14H15/c1-3-11(2)13-9-8-12-6-4-5-7-14(12)10-13/h3-11H,1-2H3. The van der Waals surface area contributed by atoms with Crippen molar-refractivity contribution in [1.82, 2.24) is 0 Å². The molecule has 1 atom stereocenters. The summed E-state index contributed by atoms with van der Waals surface area (Å²) in [6.45, 7) is 4.34. The van der Waals surface area contributed by atoms with Gasteiger partial charge in [-0.25, -0.2) is 0 Å². The molecule has 1 unspecified atom stereocenters. The van der Waals surface area contributed by atoms with Gasteiger partial charge in [0.2, 0.25) is 0 Å². The second kappa shape index (κ2) is 3.83. The molecule has 0 saturated carbocycles. The molecule has 0 bridgehead atoms. The van der Waals surface area contributed by atoms with Crippen molar-refractivity contribution < 1.29 is 0 Å². The van der Waals surface area contributed by atoms with Gasteiger partial charge < -0.3 is 0 Å². The normalized spacial score (nSPS) is 13.0. The van der Waals surface area contributed by atoms with Gasteiger partial charge in [0.25, 0.3) is 0 Å². The number of hydrogen-bond donors (Lipinski definition) is 0. The van der Waals surface area contributed by atoms with E-state index in [0.717, 1.165) is 0 Å². The first-order valence-electron chi connectivity index (χ1n) is 5.09. The Hall–Kier alpha value is -1.30. The molecule has 0 aliphatic heterocycles. The monoisotopic (exact) mass is 183 g/mol. The molecule has 0 saturated heterocycles. The highest BCUT2D eigenvalue weighted by Crippen LogP contribution is 2.22. The Kier molecular flexibility index (Phi) is 2.53. The summed E-state index contributed by atoms with van der Waals surface area (Å²) in [7, 11) is 0. The molecule has 1 radical (unpaired) electrons. The van der Waals surface area contributed by atoms with E-state index in [-0.39, 0.29) is 0 Å². The van der Waals surface area contributed by atoms with Crippen molar-refractivity contribution in [2.45, 2.75) is 19.8 Å². The summed E-state index contributed by atoms with van der Waals surface area (Å²) in [6.07, 6.45) is 2.23. The molecule has 0 spiro atoms. The van der Waals surface area contributed by atoms with Crippen LogP contribution in [-0.4, -0.2) is 0 Å². The molecule has 0 N–H and O–H groups in total. The van der Waals surface area contributed by atoms with Crippen LogP contribution < -0.4 is 0 Å². The molecule has 14 heavy (non-hydrogen) atoms. The second-order valence-electron chi connectivity index (χ2n) is 3.73. The SMILES string of the molecule is C[CH]C(C)c1ccc2ccccc2c1. The quantitative estimate of drug-likeness (QED) is 0.655. The van der Waals surface area contributed by atoms with Crippen molar-refractivity contribution in [3.05, 3.63) is 54.4 Å². The van der Waals surface area contributed by atoms with Gasteiger partial charge in [-0.2, -0.15) is 0 Å². The highest BCUT2D eigenvalue weighted by atomic mass is 14.1. The minimum atomic E-state index is 0.541. The van der Waals surface area contributed by atoms with Crippen LogP contribution in [0.25, 0.3) is 10.8 Å². The largest absolute Gasteiger partial charge is 0.0617 e. The van der Waals surface area contributed by atoms with Crippen LogP contribution in [-0.2, 0) is 0 Å². The molecule has 71 valence electrons. The molecule has 2 rings (SSSR count). The summed E-state index contributed by atoms with van der Waals surface area (Å²) < 4.78 is 0. The minimum Gasteiger partial charge on any atom is -0.0617 e. The van der Waals surface area contributed by atoms with Gasteiger partial charge in [-0.3, -0.25) is 0 Å². The van der Waals surface area contributed by atoms with Crippen LogP contribution in [0.4, 0.5) is 0 Å². The predicted octanol–water partition coefficient (Wildman–Crippen LogP) is 4.17. The molecule has 0 fully saturated rings. The summed E-state index contributed by atoms with van der Waals surface area (Å²) >= 11 is 0. The Bertz CT molecular complexity index is 429. The molecular formula is C14H15. The van der Waals surface area contributed by atoms with E-state index in [2.05, 4.69) is 62.7 Å². The lowest BCUT2D eigenvalue weighted by Crippen LogP contribution is -1.91. The third-order valence-corrected chi connectivity index (χ3v) is 2.80. The summed E-state index contributed by atoms with van der Waals surface area (Å²) in [4.78, 5) is 0. The average Bonchev–Trinajstić information content (AvgIpc) is 2.27. The van der Waals surface area contributed by atoms with Crippen LogP contribution in [0.5, 0.6) is 0 Å². The zero-order chi connectivity index (χ0) is 9.97. The van der Waals surface area contributed by atoms with E-state index in [9.17, 15) is 0 Å². The predicted molar refractivity (Wildman–Crippen MR) is 62.3 cm³/mol. The third-order valence-electron chi connectivity index (χ3n) is 2.80. The molecule has 0 aromatic heterocycles. The lowest BCUT2D eigenvalue weighted by Gasteiger charge is -2.09. The molecule has 0 aliphatic carbocycles. The summed E-state index contributed by atoms with van der Waals surface area (Å²) in [5.41, 5.74) is 1.39. The van der Waals surface area contributed by atoms with Crippen LogP contribution in [0.3, 0.4) is 0 Å². The molecule has 0 aliphatic rings. The molecule has 0 nitrogen and oxygen atoms in total. The first kappa shape index (κ1) is 9.26. The number of benzene rings is 2. The number of hydrogen-bond acceptors (Lipinski definition) is 0. The van der Waals surface area contributed by atoms with E-state index in [1.165, 1.54) is 16.3 Å². The van der Waals surface area contributed by atoms with E-state index in [0.29, 0.717) is 5.92 Å². The Morgan fingerprint density at radius 1 is 1.00 bits per heavy atom. The molecule has 2 aromatic rings. The van der Waals surface area contributed by atoms with Crippen LogP contribution >= 0.6 is 0 Å². The van der Waals surface area contributed by atoms with Gasteiger partial charge in [-0.15, -0.1) is 0 Å². The third kappa shape index (κ3) is 1.65. The topological polar surface area (TPSA) is 0 Å². The van der Waals surface area contributed by atoms with Crippen molar-refractivity contribution in [3.8, 4) is 0 Å². The lowest BCUT2D eigenvalue weighted by atomic mass is 9.96. The maximum Gasteiger partial charge on any atom is -0.0162 e. The van der Waals surface area contributed by atoms with Gasteiger partial charge in [-0.1, -0.05) is 56.3 Å². The Morgan fingerprint density at radius 3 is 2.43 bits per heavy atom. The van der Waals surface area contributed by atoms with Crippen molar-refractivity contribution in [1.29, 1.82) is 0 Å². The van der Waals surface area contributed by atoms with E-state index in [1.54, 1.807) is 0 Å². The van der Waals surface area contributed by atoms with Crippen molar-refractivity contribution in [3.63, 3.8) is 0 Å². The van der Waals surface area contributed by atoms with Crippen molar-refractivity contribution in [2.75, 3.05) is 0 Å². The maximum atomic E-state index is 2.28. The fraction of sp³-hybridized carbons (Fsp3) is 0.214. The fourth-order valence-electron chi connectivity index (χ4n) is 1.68. The summed E-state index contributed by atoms with van der Waals surface area (Å²) in [5.74, 6) is 0.541. The van der Waals surface area contributed by atoms with Crippen LogP contribution in [0.2, 0.25) is 0 Å².